The topological polar surface area (TPSA) is 84.1 Å². The minimum Gasteiger partial charge on any atom is -0.394 e. The zero-order valence-electron chi connectivity index (χ0n) is 8.74. The third-order valence-electron chi connectivity index (χ3n) is 2.14. The van der Waals surface area contributed by atoms with E-state index in [1.165, 1.54) is 6.33 Å². The Morgan fingerprint density at radius 2 is 2.20 bits per heavy atom. The van der Waals surface area contributed by atoms with Crippen LogP contribution in [0.25, 0.3) is 0 Å². The Labute approximate surface area is 97.2 Å². The number of aromatic nitrogens is 2. The van der Waals surface area contributed by atoms with Crippen LogP contribution in [0.3, 0.4) is 0 Å². The monoisotopic (exact) mass is 274 g/mol. The third-order valence-corrected chi connectivity index (χ3v) is 2.92. The number of rotatable bonds is 4. The van der Waals surface area contributed by atoms with Crippen LogP contribution in [-0.2, 0) is 0 Å². The minimum absolute atomic E-state index is 0.0457. The molecule has 5 nitrogen and oxygen atoms in total. The van der Waals surface area contributed by atoms with Crippen molar-refractivity contribution in [3.63, 3.8) is 0 Å². The fraction of sp³-hybridized carbons (Fsp3) is 0.556. The number of nitrogens with zero attached hydrogens (tertiary/aromatic N) is 2. The number of hydrogen-bond acceptors (Lipinski definition) is 5. The third kappa shape index (κ3) is 3.04. The van der Waals surface area contributed by atoms with Gasteiger partial charge in [-0.25, -0.2) is 9.97 Å². The van der Waals surface area contributed by atoms with Gasteiger partial charge in [-0.05, 0) is 21.8 Å². The molecule has 0 saturated carbocycles. The molecule has 0 aromatic carbocycles. The maximum atomic E-state index is 9.17. The van der Waals surface area contributed by atoms with Gasteiger partial charge in [-0.3, -0.25) is 0 Å². The Kier molecular flexibility index (Phi) is 4.28. The van der Waals surface area contributed by atoms with Crippen LogP contribution in [0.4, 0.5) is 11.6 Å². The van der Waals surface area contributed by atoms with Gasteiger partial charge in [0.05, 0.1) is 12.6 Å². The summed E-state index contributed by atoms with van der Waals surface area (Å²) in [5.74, 6) is 1.29. The highest BCUT2D eigenvalue weighted by molar-refractivity contribution is 9.10. The molecule has 0 radical (unpaired) electrons. The summed E-state index contributed by atoms with van der Waals surface area (Å²) in [6, 6.07) is -0.0457. The van der Waals surface area contributed by atoms with Gasteiger partial charge in [0.2, 0.25) is 0 Å². The molecular weight excluding hydrogens is 260 g/mol. The van der Waals surface area contributed by atoms with Crippen molar-refractivity contribution in [1.82, 2.24) is 9.97 Å². The molecule has 1 unspecified atom stereocenters. The van der Waals surface area contributed by atoms with E-state index in [-0.39, 0.29) is 12.6 Å². The van der Waals surface area contributed by atoms with Gasteiger partial charge >= 0.3 is 0 Å². The molecule has 1 heterocycles. The summed E-state index contributed by atoms with van der Waals surface area (Å²) >= 11 is 3.29. The van der Waals surface area contributed by atoms with Gasteiger partial charge in [0.15, 0.2) is 0 Å². The van der Waals surface area contributed by atoms with Crippen molar-refractivity contribution in [2.45, 2.75) is 19.9 Å². The average Bonchev–Trinajstić information content (AvgIpc) is 2.19. The molecule has 0 bridgehead atoms. The lowest BCUT2D eigenvalue weighted by Gasteiger charge is -2.21. The maximum absolute atomic E-state index is 9.17. The summed E-state index contributed by atoms with van der Waals surface area (Å²) in [7, 11) is 0. The zero-order chi connectivity index (χ0) is 11.4. The summed E-state index contributed by atoms with van der Waals surface area (Å²) in [5.41, 5.74) is 5.61. The molecule has 0 aliphatic rings. The van der Waals surface area contributed by atoms with Gasteiger partial charge < -0.3 is 16.2 Å². The molecule has 0 spiro atoms. The van der Waals surface area contributed by atoms with Gasteiger partial charge in [-0.2, -0.15) is 0 Å². The van der Waals surface area contributed by atoms with Crippen molar-refractivity contribution in [2.75, 3.05) is 17.7 Å². The van der Waals surface area contributed by atoms with Gasteiger partial charge in [0.1, 0.15) is 22.4 Å². The fourth-order valence-corrected chi connectivity index (χ4v) is 1.40. The predicted octanol–water partition coefficient (Wildman–Crippen LogP) is 1.25. The van der Waals surface area contributed by atoms with E-state index in [4.69, 9.17) is 10.8 Å². The van der Waals surface area contributed by atoms with Crippen molar-refractivity contribution < 1.29 is 5.11 Å². The molecule has 0 amide bonds. The standard InChI is InChI=1S/C9H15BrN4O/c1-5(2)6(3-15)14-9-7(10)8(11)12-4-13-9/h4-6,15H,3H2,1-2H3,(H3,11,12,13,14). The second-order valence-corrected chi connectivity index (χ2v) is 4.39. The Morgan fingerprint density at radius 3 is 2.73 bits per heavy atom. The number of nitrogen functional groups attached to an aromatic ring is 1. The first-order valence-corrected chi connectivity index (χ1v) is 5.49. The molecule has 6 heteroatoms. The Bertz CT molecular complexity index is 332. The van der Waals surface area contributed by atoms with E-state index in [0.717, 1.165) is 0 Å². The summed E-state index contributed by atoms with van der Waals surface area (Å²) in [4.78, 5) is 7.88. The lowest BCUT2D eigenvalue weighted by Crippen LogP contribution is -2.30. The van der Waals surface area contributed by atoms with Crippen LogP contribution in [-0.4, -0.2) is 27.7 Å². The highest BCUT2D eigenvalue weighted by Gasteiger charge is 2.15. The number of anilines is 2. The number of halogens is 1. The van der Waals surface area contributed by atoms with E-state index < -0.39 is 0 Å². The van der Waals surface area contributed by atoms with Crippen LogP contribution in [0.2, 0.25) is 0 Å². The summed E-state index contributed by atoms with van der Waals surface area (Å²) in [5, 5.41) is 12.3. The molecule has 0 aliphatic carbocycles. The van der Waals surface area contributed by atoms with Gasteiger partial charge in [-0.1, -0.05) is 13.8 Å². The Morgan fingerprint density at radius 1 is 1.53 bits per heavy atom. The second-order valence-electron chi connectivity index (χ2n) is 3.60. The average molecular weight is 275 g/mol. The van der Waals surface area contributed by atoms with Crippen molar-refractivity contribution in [2.24, 2.45) is 5.92 Å². The van der Waals surface area contributed by atoms with E-state index in [0.29, 0.717) is 22.0 Å². The quantitative estimate of drug-likeness (QED) is 0.770. The number of nitrogens with two attached hydrogens (primary N) is 1. The SMILES string of the molecule is CC(C)C(CO)Nc1ncnc(N)c1Br. The lowest BCUT2D eigenvalue weighted by atomic mass is 10.1. The number of aliphatic hydroxyl groups excluding tert-OH is 1. The summed E-state index contributed by atoms with van der Waals surface area (Å²) < 4.78 is 0.629. The highest BCUT2D eigenvalue weighted by atomic mass is 79.9. The van der Waals surface area contributed by atoms with E-state index in [9.17, 15) is 0 Å². The van der Waals surface area contributed by atoms with Crippen LogP contribution in [0.1, 0.15) is 13.8 Å². The van der Waals surface area contributed by atoms with Crippen LogP contribution >= 0.6 is 15.9 Å². The maximum Gasteiger partial charge on any atom is 0.146 e. The molecule has 0 fully saturated rings. The van der Waals surface area contributed by atoms with E-state index in [1.807, 2.05) is 13.8 Å². The van der Waals surface area contributed by atoms with Crippen LogP contribution in [0.5, 0.6) is 0 Å². The molecule has 1 aromatic rings. The number of hydrogen-bond donors (Lipinski definition) is 3. The van der Waals surface area contributed by atoms with E-state index in [2.05, 4.69) is 31.2 Å². The normalized spacial score (nSPS) is 12.9. The lowest BCUT2D eigenvalue weighted by molar-refractivity contribution is 0.249. The number of aliphatic hydroxyl groups is 1. The summed E-state index contributed by atoms with van der Waals surface area (Å²) in [6.07, 6.45) is 1.39. The predicted molar refractivity (Wildman–Crippen MR) is 63.5 cm³/mol. The summed E-state index contributed by atoms with van der Waals surface area (Å²) in [6.45, 7) is 4.09. The van der Waals surface area contributed by atoms with Crippen molar-refractivity contribution in [1.29, 1.82) is 0 Å². The molecule has 1 atom stereocenters. The molecule has 1 aromatic heterocycles. The van der Waals surface area contributed by atoms with Crippen molar-refractivity contribution >= 4 is 27.6 Å². The van der Waals surface area contributed by atoms with Gasteiger partial charge in [0.25, 0.3) is 0 Å². The number of nitrogens with one attached hydrogen (secondary N) is 1. The van der Waals surface area contributed by atoms with Gasteiger partial charge in [0, 0.05) is 0 Å². The van der Waals surface area contributed by atoms with Crippen LogP contribution < -0.4 is 11.1 Å². The molecule has 1 rings (SSSR count). The largest absolute Gasteiger partial charge is 0.394 e. The molecule has 15 heavy (non-hydrogen) atoms. The smallest absolute Gasteiger partial charge is 0.146 e. The van der Waals surface area contributed by atoms with Crippen LogP contribution in [0, 0.1) is 5.92 Å². The van der Waals surface area contributed by atoms with E-state index in [1.54, 1.807) is 0 Å². The zero-order valence-corrected chi connectivity index (χ0v) is 10.3. The first-order valence-electron chi connectivity index (χ1n) is 4.69. The first kappa shape index (κ1) is 12.2. The fourth-order valence-electron chi connectivity index (χ4n) is 1.08. The molecule has 0 saturated heterocycles. The van der Waals surface area contributed by atoms with Crippen LogP contribution in [0.15, 0.2) is 10.8 Å². The molecule has 0 aliphatic heterocycles. The first-order chi connectivity index (χ1) is 7.06. The Hall–Kier alpha value is -0.880. The van der Waals surface area contributed by atoms with Crippen molar-refractivity contribution in [3.05, 3.63) is 10.8 Å². The highest BCUT2D eigenvalue weighted by Crippen LogP contribution is 2.25. The molecular formula is C9H15BrN4O. The second kappa shape index (κ2) is 5.27. The Balaban J connectivity index is 2.84. The van der Waals surface area contributed by atoms with E-state index >= 15 is 0 Å². The van der Waals surface area contributed by atoms with Crippen molar-refractivity contribution in [3.8, 4) is 0 Å². The molecule has 4 N–H and O–H groups in total. The minimum atomic E-state index is -0.0457. The van der Waals surface area contributed by atoms with Gasteiger partial charge in [-0.15, -0.1) is 0 Å². The molecule has 84 valence electrons.